The average molecular weight is 303 g/mol. The van der Waals surface area contributed by atoms with Crippen molar-refractivity contribution >= 4 is 18.3 Å². The summed E-state index contributed by atoms with van der Waals surface area (Å²) in [7, 11) is 0. The van der Waals surface area contributed by atoms with Crippen molar-refractivity contribution in [2.45, 2.75) is 31.7 Å². The maximum absolute atomic E-state index is 12.3. The Morgan fingerprint density at radius 1 is 1.23 bits per heavy atom. The van der Waals surface area contributed by atoms with Crippen LogP contribution in [0, 0.1) is 0 Å². The Balaban J connectivity index is 1.64. The second kappa shape index (κ2) is 6.72. The molecule has 0 atom stereocenters. The van der Waals surface area contributed by atoms with Gasteiger partial charge in [0, 0.05) is 38.4 Å². The molecule has 2 amide bonds. The number of piperazine rings is 1. The molecule has 1 aromatic rings. The molecule has 1 aromatic heterocycles. The van der Waals surface area contributed by atoms with E-state index in [1.54, 1.807) is 17.2 Å². The van der Waals surface area contributed by atoms with Crippen LogP contribution >= 0.6 is 0 Å². The minimum Gasteiger partial charge on any atom is -0.348 e. The lowest BCUT2D eigenvalue weighted by atomic mass is 10.2. The molecule has 1 saturated carbocycles. The molecule has 0 aromatic carbocycles. The van der Waals surface area contributed by atoms with E-state index in [0.29, 0.717) is 37.8 Å². The monoisotopic (exact) mass is 303 g/mol. The first kappa shape index (κ1) is 14.7. The van der Waals surface area contributed by atoms with Gasteiger partial charge in [0.2, 0.25) is 12.4 Å². The lowest BCUT2D eigenvalue weighted by Crippen LogP contribution is -2.46. The largest absolute Gasteiger partial charge is 0.348 e. The molecule has 1 N–H and O–H groups in total. The van der Waals surface area contributed by atoms with Crippen LogP contribution in [-0.2, 0) is 4.79 Å². The Labute approximate surface area is 129 Å². The number of rotatable bonds is 4. The van der Waals surface area contributed by atoms with Gasteiger partial charge < -0.3 is 15.1 Å². The van der Waals surface area contributed by atoms with Crippen molar-refractivity contribution in [3.63, 3.8) is 0 Å². The predicted octanol–water partition coefficient (Wildman–Crippen LogP) is 0.427. The first-order valence-electron chi connectivity index (χ1n) is 7.84. The number of nitrogens with zero attached hydrogens (tertiary/aromatic N) is 4. The average Bonchev–Trinajstić information content (AvgIpc) is 3.08. The highest BCUT2D eigenvalue weighted by Gasteiger charge is 2.21. The highest BCUT2D eigenvalue weighted by molar-refractivity contribution is 5.92. The van der Waals surface area contributed by atoms with Crippen molar-refractivity contribution in [1.82, 2.24) is 20.2 Å². The molecular formula is C15H21N5O2. The Kier molecular flexibility index (Phi) is 4.50. The quantitative estimate of drug-likeness (QED) is 0.816. The van der Waals surface area contributed by atoms with E-state index in [4.69, 9.17) is 0 Å². The zero-order valence-corrected chi connectivity index (χ0v) is 12.6. The van der Waals surface area contributed by atoms with Gasteiger partial charge in [-0.25, -0.2) is 9.97 Å². The molecule has 7 nitrogen and oxygen atoms in total. The number of carbonyl (C=O) groups is 2. The second-order valence-corrected chi connectivity index (χ2v) is 5.83. The van der Waals surface area contributed by atoms with Crippen LogP contribution in [0.3, 0.4) is 0 Å². The van der Waals surface area contributed by atoms with E-state index in [2.05, 4.69) is 15.3 Å². The molecule has 3 rings (SSSR count). The van der Waals surface area contributed by atoms with Gasteiger partial charge in [0.1, 0.15) is 5.69 Å². The van der Waals surface area contributed by atoms with Gasteiger partial charge in [0.25, 0.3) is 5.91 Å². The second-order valence-electron chi connectivity index (χ2n) is 5.83. The summed E-state index contributed by atoms with van der Waals surface area (Å²) in [5.41, 5.74) is 0.412. The molecule has 7 heteroatoms. The summed E-state index contributed by atoms with van der Waals surface area (Å²) in [6, 6.07) is 1.93. The van der Waals surface area contributed by atoms with Crippen molar-refractivity contribution in [2.75, 3.05) is 31.1 Å². The fourth-order valence-electron chi connectivity index (χ4n) is 2.98. The predicted molar refractivity (Wildman–Crippen MR) is 81.6 cm³/mol. The van der Waals surface area contributed by atoms with Crippen molar-refractivity contribution in [2.24, 2.45) is 0 Å². The third-order valence-corrected chi connectivity index (χ3v) is 4.31. The summed E-state index contributed by atoms with van der Waals surface area (Å²) < 4.78 is 0. The van der Waals surface area contributed by atoms with E-state index >= 15 is 0 Å². The van der Waals surface area contributed by atoms with Crippen LogP contribution in [0.5, 0.6) is 0 Å². The van der Waals surface area contributed by atoms with Crippen LogP contribution in [0.25, 0.3) is 0 Å². The van der Waals surface area contributed by atoms with E-state index in [1.807, 2.05) is 4.90 Å². The third kappa shape index (κ3) is 3.35. The molecule has 1 aliphatic heterocycles. The molecule has 2 aliphatic rings. The SMILES string of the molecule is O=CN1CCN(c2nccc(C(=O)NC3CCCC3)n2)CC1. The Morgan fingerprint density at radius 3 is 2.64 bits per heavy atom. The number of anilines is 1. The molecule has 0 unspecified atom stereocenters. The number of aromatic nitrogens is 2. The number of hydrogen-bond donors (Lipinski definition) is 1. The highest BCUT2D eigenvalue weighted by Crippen LogP contribution is 2.18. The van der Waals surface area contributed by atoms with Crippen molar-refractivity contribution in [1.29, 1.82) is 0 Å². The first-order chi connectivity index (χ1) is 10.8. The van der Waals surface area contributed by atoms with Crippen LogP contribution in [0.2, 0.25) is 0 Å². The van der Waals surface area contributed by atoms with E-state index in [0.717, 1.165) is 19.3 Å². The molecule has 1 aliphatic carbocycles. The van der Waals surface area contributed by atoms with Gasteiger partial charge in [0.15, 0.2) is 0 Å². The molecule has 22 heavy (non-hydrogen) atoms. The van der Waals surface area contributed by atoms with Crippen molar-refractivity contribution in [3.05, 3.63) is 18.0 Å². The summed E-state index contributed by atoms with van der Waals surface area (Å²) >= 11 is 0. The molecule has 2 fully saturated rings. The molecule has 118 valence electrons. The summed E-state index contributed by atoms with van der Waals surface area (Å²) in [6.45, 7) is 2.69. The van der Waals surface area contributed by atoms with Gasteiger partial charge >= 0.3 is 0 Å². The van der Waals surface area contributed by atoms with Crippen molar-refractivity contribution in [3.8, 4) is 0 Å². The van der Waals surface area contributed by atoms with Crippen LogP contribution in [0.15, 0.2) is 12.3 Å². The fourth-order valence-corrected chi connectivity index (χ4v) is 2.98. The van der Waals surface area contributed by atoms with Gasteiger partial charge in [-0.2, -0.15) is 0 Å². The molecule has 0 radical (unpaired) electrons. The molecule has 0 spiro atoms. The number of amides is 2. The smallest absolute Gasteiger partial charge is 0.270 e. The molecule has 2 heterocycles. The van der Waals surface area contributed by atoms with E-state index in [1.165, 1.54) is 12.8 Å². The van der Waals surface area contributed by atoms with E-state index < -0.39 is 0 Å². The van der Waals surface area contributed by atoms with E-state index in [9.17, 15) is 9.59 Å². The standard InChI is InChI=1S/C15H21N5O2/c21-11-19-7-9-20(10-8-19)15-16-6-5-13(18-15)14(22)17-12-3-1-2-4-12/h5-6,11-12H,1-4,7-10H2,(H,17,22). The zero-order chi connectivity index (χ0) is 15.4. The topological polar surface area (TPSA) is 78.4 Å². The Hall–Kier alpha value is -2.18. The summed E-state index contributed by atoms with van der Waals surface area (Å²) in [4.78, 5) is 35.4. The Bertz CT molecular complexity index is 536. The summed E-state index contributed by atoms with van der Waals surface area (Å²) in [5.74, 6) is 0.437. The van der Waals surface area contributed by atoms with Crippen molar-refractivity contribution < 1.29 is 9.59 Å². The van der Waals surface area contributed by atoms with Crippen LogP contribution in [0.1, 0.15) is 36.2 Å². The Morgan fingerprint density at radius 2 is 1.95 bits per heavy atom. The number of nitrogens with one attached hydrogen (secondary N) is 1. The number of carbonyl (C=O) groups excluding carboxylic acids is 2. The van der Waals surface area contributed by atoms with E-state index in [-0.39, 0.29) is 11.9 Å². The maximum atomic E-state index is 12.3. The van der Waals surface area contributed by atoms with Crippen LogP contribution < -0.4 is 10.2 Å². The summed E-state index contributed by atoms with van der Waals surface area (Å²) in [5, 5.41) is 3.04. The minimum absolute atomic E-state index is 0.123. The van der Waals surface area contributed by atoms with Crippen LogP contribution in [-0.4, -0.2) is 59.4 Å². The van der Waals surface area contributed by atoms with Gasteiger partial charge in [-0.3, -0.25) is 9.59 Å². The van der Waals surface area contributed by atoms with Gasteiger partial charge in [-0.05, 0) is 18.9 Å². The zero-order valence-electron chi connectivity index (χ0n) is 12.6. The lowest BCUT2D eigenvalue weighted by Gasteiger charge is -2.32. The lowest BCUT2D eigenvalue weighted by molar-refractivity contribution is -0.118. The maximum Gasteiger partial charge on any atom is 0.270 e. The fraction of sp³-hybridized carbons (Fsp3) is 0.600. The highest BCUT2D eigenvalue weighted by atomic mass is 16.2. The normalized spacial score (nSPS) is 19.3. The van der Waals surface area contributed by atoms with Gasteiger partial charge in [0.05, 0.1) is 0 Å². The van der Waals surface area contributed by atoms with Gasteiger partial charge in [-0.15, -0.1) is 0 Å². The molecule has 0 bridgehead atoms. The molecule has 1 saturated heterocycles. The molecular weight excluding hydrogens is 282 g/mol. The third-order valence-electron chi connectivity index (χ3n) is 4.31. The first-order valence-corrected chi connectivity index (χ1v) is 7.84. The van der Waals surface area contributed by atoms with Gasteiger partial charge in [-0.1, -0.05) is 12.8 Å². The summed E-state index contributed by atoms with van der Waals surface area (Å²) in [6.07, 6.45) is 6.96. The minimum atomic E-state index is -0.123. The number of hydrogen-bond acceptors (Lipinski definition) is 5. The van der Waals surface area contributed by atoms with Crippen LogP contribution in [0.4, 0.5) is 5.95 Å².